The molecule has 1 aromatic rings. The van der Waals surface area contributed by atoms with Gasteiger partial charge in [0.2, 0.25) is 0 Å². The van der Waals surface area contributed by atoms with Gasteiger partial charge in [-0.25, -0.2) is 4.98 Å². The highest BCUT2D eigenvalue weighted by Crippen LogP contribution is 2.12. The zero-order valence-corrected chi connectivity index (χ0v) is 11.5. The van der Waals surface area contributed by atoms with Gasteiger partial charge in [-0.05, 0) is 13.3 Å². The molecule has 0 aromatic carbocycles. The lowest BCUT2D eigenvalue weighted by atomic mass is 10.4. The summed E-state index contributed by atoms with van der Waals surface area (Å²) in [7, 11) is -1.99. The highest BCUT2D eigenvalue weighted by atomic mass is 32.2. The van der Waals surface area contributed by atoms with Gasteiger partial charge < -0.3 is 5.11 Å². The summed E-state index contributed by atoms with van der Waals surface area (Å²) in [6.07, 6.45) is 0.428. The predicted octanol–water partition coefficient (Wildman–Crippen LogP) is 0.100. The van der Waals surface area contributed by atoms with Gasteiger partial charge in [-0.1, -0.05) is 0 Å². The topological polar surface area (TPSA) is 82.5 Å². The van der Waals surface area contributed by atoms with Crippen LogP contribution >= 0.6 is 11.3 Å². The van der Waals surface area contributed by atoms with E-state index < -0.39 is 10.2 Å². The second-order valence-electron chi connectivity index (χ2n) is 3.59. The van der Waals surface area contributed by atoms with Crippen molar-refractivity contribution in [3.05, 3.63) is 16.1 Å². The Bertz CT molecular complexity index is 444. The summed E-state index contributed by atoms with van der Waals surface area (Å²) in [6.45, 7) is 2.37. The lowest BCUT2D eigenvalue weighted by Gasteiger charge is -2.16. The van der Waals surface area contributed by atoms with E-state index in [1.165, 1.54) is 22.7 Å². The van der Waals surface area contributed by atoms with E-state index in [2.05, 4.69) is 9.71 Å². The highest BCUT2D eigenvalue weighted by Gasteiger charge is 2.17. The Labute approximate surface area is 105 Å². The Kier molecular flexibility index (Phi) is 5.47. The second-order valence-corrected chi connectivity index (χ2v) is 6.39. The first kappa shape index (κ1) is 14.5. The molecule has 0 saturated carbocycles. The summed E-state index contributed by atoms with van der Waals surface area (Å²) in [4.78, 5) is 4.96. The Hall–Kier alpha value is -0.540. The Balaban J connectivity index is 2.52. The maximum atomic E-state index is 11.8. The number of hydrogen-bond acceptors (Lipinski definition) is 5. The molecule has 98 valence electrons. The van der Waals surface area contributed by atoms with Crippen molar-refractivity contribution >= 4 is 21.5 Å². The SMILES string of the molecule is Cc1ncsc1CNS(=O)(=O)N(C)CCCO. The molecule has 0 atom stereocenters. The molecule has 1 aromatic heterocycles. The van der Waals surface area contributed by atoms with E-state index in [4.69, 9.17) is 5.11 Å². The monoisotopic (exact) mass is 279 g/mol. The van der Waals surface area contributed by atoms with Gasteiger partial charge in [0.05, 0.1) is 11.2 Å². The van der Waals surface area contributed by atoms with Gasteiger partial charge in [-0.3, -0.25) is 0 Å². The molecule has 0 bridgehead atoms. The molecule has 1 heterocycles. The van der Waals surface area contributed by atoms with Gasteiger partial charge in [-0.2, -0.15) is 17.4 Å². The van der Waals surface area contributed by atoms with E-state index in [-0.39, 0.29) is 13.2 Å². The van der Waals surface area contributed by atoms with Crippen molar-refractivity contribution in [1.82, 2.24) is 14.0 Å². The number of nitrogens with one attached hydrogen (secondary N) is 1. The van der Waals surface area contributed by atoms with Crippen molar-refractivity contribution in [2.24, 2.45) is 0 Å². The van der Waals surface area contributed by atoms with Gasteiger partial charge in [0.1, 0.15) is 0 Å². The van der Waals surface area contributed by atoms with E-state index in [0.717, 1.165) is 10.6 Å². The molecule has 0 spiro atoms. The van der Waals surface area contributed by atoms with E-state index in [0.29, 0.717) is 13.0 Å². The van der Waals surface area contributed by atoms with Crippen LogP contribution < -0.4 is 4.72 Å². The number of aromatic nitrogens is 1. The second kappa shape index (κ2) is 6.41. The molecular formula is C9H17N3O3S2. The van der Waals surface area contributed by atoms with E-state index >= 15 is 0 Å². The van der Waals surface area contributed by atoms with Crippen LogP contribution in [0.15, 0.2) is 5.51 Å². The minimum atomic E-state index is -3.47. The average Bonchev–Trinajstić information content (AvgIpc) is 2.69. The number of aliphatic hydroxyl groups is 1. The van der Waals surface area contributed by atoms with E-state index in [1.807, 2.05) is 6.92 Å². The minimum absolute atomic E-state index is 0.0200. The summed E-state index contributed by atoms with van der Waals surface area (Å²) in [5, 5.41) is 8.65. The first-order chi connectivity index (χ1) is 7.97. The molecule has 8 heteroatoms. The smallest absolute Gasteiger partial charge is 0.279 e. The average molecular weight is 279 g/mol. The summed E-state index contributed by atoms with van der Waals surface area (Å²) < 4.78 is 27.2. The third-order valence-electron chi connectivity index (χ3n) is 2.30. The normalized spacial score (nSPS) is 12.2. The Morgan fingerprint density at radius 1 is 1.59 bits per heavy atom. The largest absolute Gasteiger partial charge is 0.396 e. The van der Waals surface area contributed by atoms with Crippen LogP contribution in [0.4, 0.5) is 0 Å². The third-order valence-corrected chi connectivity index (χ3v) is 4.75. The highest BCUT2D eigenvalue weighted by molar-refractivity contribution is 7.87. The van der Waals surface area contributed by atoms with Crippen molar-refractivity contribution in [3.8, 4) is 0 Å². The fourth-order valence-electron chi connectivity index (χ4n) is 1.18. The number of aryl methyl sites for hydroxylation is 1. The predicted molar refractivity (Wildman–Crippen MR) is 66.9 cm³/mol. The number of aliphatic hydroxyl groups excluding tert-OH is 1. The van der Waals surface area contributed by atoms with Crippen molar-refractivity contribution in [3.63, 3.8) is 0 Å². The molecule has 1 rings (SSSR count). The minimum Gasteiger partial charge on any atom is -0.396 e. The molecule has 17 heavy (non-hydrogen) atoms. The molecule has 0 aliphatic carbocycles. The van der Waals surface area contributed by atoms with E-state index in [1.54, 1.807) is 5.51 Å². The first-order valence-corrected chi connectivity index (χ1v) is 7.50. The lowest BCUT2D eigenvalue weighted by molar-refractivity contribution is 0.275. The summed E-state index contributed by atoms with van der Waals surface area (Å²) >= 11 is 1.42. The van der Waals surface area contributed by atoms with Crippen LogP contribution in [-0.4, -0.2) is 43.0 Å². The van der Waals surface area contributed by atoms with Crippen LogP contribution in [0.3, 0.4) is 0 Å². The van der Waals surface area contributed by atoms with Gasteiger partial charge in [0.15, 0.2) is 0 Å². The maximum Gasteiger partial charge on any atom is 0.279 e. The van der Waals surface area contributed by atoms with E-state index in [9.17, 15) is 8.42 Å². The van der Waals surface area contributed by atoms with Crippen molar-refractivity contribution < 1.29 is 13.5 Å². The Morgan fingerprint density at radius 3 is 2.82 bits per heavy atom. The standard InChI is InChI=1S/C9H17N3O3S2/c1-8-9(16-7-10-8)6-11-17(14,15)12(2)4-3-5-13/h7,11,13H,3-6H2,1-2H3. The zero-order chi connectivity index (χ0) is 12.9. The molecule has 0 amide bonds. The van der Waals surface area contributed by atoms with Crippen LogP contribution in [0, 0.1) is 6.92 Å². The van der Waals surface area contributed by atoms with Gasteiger partial charge in [-0.15, -0.1) is 11.3 Å². The molecular weight excluding hydrogens is 262 g/mol. The fraction of sp³-hybridized carbons (Fsp3) is 0.667. The summed E-state index contributed by atoms with van der Waals surface area (Å²) in [5.41, 5.74) is 2.53. The molecule has 0 saturated heterocycles. The van der Waals surface area contributed by atoms with Gasteiger partial charge in [0.25, 0.3) is 10.2 Å². The van der Waals surface area contributed by atoms with Crippen molar-refractivity contribution in [1.29, 1.82) is 0 Å². The first-order valence-electron chi connectivity index (χ1n) is 5.18. The zero-order valence-electron chi connectivity index (χ0n) is 9.88. The fourth-order valence-corrected chi connectivity index (χ4v) is 2.90. The number of nitrogens with zero attached hydrogens (tertiary/aromatic N) is 2. The molecule has 0 unspecified atom stereocenters. The number of hydrogen-bond donors (Lipinski definition) is 2. The van der Waals surface area contributed by atoms with Crippen LogP contribution in [0.2, 0.25) is 0 Å². The molecule has 6 nitrogen and oxygen atoms in total. The Morgan fingerprint density at radius 2 is 2.29 bits per heavy atom. The summed E-state index contributed by atoms with van der Waals surface area (Å²) in [6, 6.07) is 0. The lowest BCUT2D eigenvalue weighted by Crippen LogP contribution is -2.38. The van der Waals surface area contributed by atoms with Crippen molar-refractivity contribution in [2.75, 3.05) is 20.2 Å². The van der Waals surface area contributed by atoms with Crippen LogP contribution in [0.1, 0.15) is 17.0 Å². The molecule has 0 radical (unpaired) electrons. The quantitative estimate of drug-likeness (QED) is 0.741. The summed E-state index contributed by atoms with van der Waals surface area (Å²) in [5.74, 6) is 0. The molecule has 2 N–H and O–H groups in total. The van der Waals surface area contributed by atoms with Crippen LogP contribution in [0.5, 0.6) is 0 Å². The molecule has 0 aliphatic rings. The third kappa shape index (κ3) is 4.32. The molecule has 0 aliphatic heterocycles. The van der Waals surface area contributed by atoms with Crippen LogP contribution in [-0.2, 0) is 16.8 Å². The number of thiazole rings is 1. The van der Waals surface area contributed by atoms with Crippen LogP contribution in [0.25, 0.3) is 0 Å². The molecule has 0 fully saturated rings. The van der Waals surface area contributed by atoms with Crippen molar-refractivity contribution in [2.45, 2.75) is 19.9 Å². The maximum absolute atomic E-state index is 11.8. The van der Waals surface area contributed by atoms with Gasteiger partial charge in [0, 0.05) is 31.6 Å². The number of rotatable bonds is 7. The van der Waals surface area contributed by atoms with Gasteiger partial charge >= 0.3 is 0 Å².